The van der Waals surface area contributed by atoms with Gasteiger partial charge in [0.1, 0.15) is 5.69 Å². The average molecular weight is 280 g/mol. The van der Waals surface area contributed by atoms with Crippen LogP contribution in [0, 0.1) is 10.1 Å². The van der Waals surface area contributed by atoms with Crippen molar-refractivity contribution >= 4 is 29.0 Å². The van der Waals surface area contributed by atoms with Crippen LogP contribution >= 0.6 is 0 Å². The Hall–Kier alpha value is -2.77. The molecule has 0 atom stereocenters. The molecule has 8 heteroatoms. The lowest BCUT2D eigenvalue weighted by atomic mass is 10.1. The number of rotatable bonds is 6. The van der Waals surface area contributed by atoms with Gasteiger partial charge in [-0.25, -0.2) is 0 Å². The molecule has 0 unspecified atom stereocenters. The Labute approximate surface area is 113 Å². The van der Waals surface area contributed by atoms with Crippen molar-refractivity contribution in [3.8, 4) is 0 Å². The van der Waals surface area contributed by atoms with E-state index in [2.05, 4.69) is 5.32 Å². The van der Waals surface area contributed by atoms with Crippen molar-refractivity contribution in [2.24, 2.45) is 0 Å². The van der Waals surface area contributed by atoms with Crippen LogP contribution in [0.2, 0.25) is 0 Å². The Morgan fingerprint density at radius 2 is 1.95 bits per heavy atom. The number of hydrogen-bond donors (Lipinski definition) is 2. The highest BCUT2D eigenvalue weighted by Crippen LogP contribution is 2.26. The van der Waals surface area contributed by atoms with E-state index in [4.69, 9.17) is 5.11 Å². The molecule has 0 aliphatic carbocycles. The molecule has 0 saturated carbocycles. The summed E-state index contributed by atoms with van der Waals surface area (Å²) in [7, 11) is 0. The molecule has 106 valence electrons. The number of hydrogen-bond acceptors (Lipinski definition) is 5. The van der Waals surface area contributed by atoms with Crippen LogP contribution in [0.15, 0.2) is 18.2 Å². The van der Waals surface area contributed by atoms with E-state index in [1.165, 1.54) is 19.1 Å². The molecular formula is C12H12N2O6. The molecule has 0 heterocycles. The van der Waals surface area contributed by atoms with Crippen molar-refractivity contribution in [1.82, 2.24) is 0 Å². The van der Waals surface area contributed by atoms with Gasteiger partial charge in [-0.2, -0.15) is 0 Å². The number of carbonyl (C=O) groups excluding carboxylic acids is 2. The number of nitrogens with one attached hydrogen (secondary N) is 1. The molecule has 0 spiro atoms. The SMILES string of the molecule is CC(=O)Nc1ccc(C(=O)CCC(=O)O)cc1[N+](=O)[O-]. The lowest BCUT2D eigenvalue weighted by Crippen LogP contribution is -2.09. The van der Waals surface area contributed by atoms with Gasteiger partial charge in [-0.05, 0) is 12.1 Å². The lowest BCUT2D eigenvalue weighted by Gasteiger charge is -2.05. The fraction of sp³-hybridized carbons (Fsp3) is 0.250. The molecule has 0 fully saturated rings. The molecule has 20 heavy (non-hydrogen) atoms. The monoisotopic (exact) mass is 280 g/mol. The van der Waals surface area contributed by atoms with E-state index >= 15 is 0 Å². The van der Waals surface area contributed by atoms with Crippen LogP contribution in [0.3, 0.4) is 0 Å². The Kier molecular flexibility index (Phi) is 4.90. The third kappa shape index (κ3) is 4.16. The first-order valence-corrected chi connectivity index (χ1v) is 5.62. The number of carboxylic acids is 1. The molecule has 0 aromatic heterocycles. The van der Waals surface area contributed by atoms with Crippen molar-refractivity contribution in [3.05, 3.63) is 33.9 Å². The number of ketones is 1. The van der Waals surface area contributed by atoms with E-state index < -0.39 is 28.3 Å². The zero-order chi connectivity index (χ0) is 15.3. The first kappa shape index (κ1) is 15.3. The molecule has 0 bridgehead atoms. The van der Waals surface area contributed by atoms with Gasteiger partial charge in [-0.3, -0.25) is 24.5 Å². The van der Waals surface area contributed by atoms with Crippen molar-refractivity contribution in [2.75, 3.05) is 5.32 Å². The van der Waals surface area contributed by atoms with E-state index in [1.54, 1.807) is 0 Å². The van der Waals surface area contributed by atoms with Gasteiger partial charge in [-0.15, -0.1) is 0 Å². The maximum Gasteiger partial charge on any atom is 0.303 e. The van der Waals surface area contributed by atoms with Gasteiger partial charge < -0.3 is 10.4 Å². The minimum Gasteiger partial charge on any atom is -0.481 e. The van der Waals surface area contributed by atoms with Gasteiger partial charge in [0, 0.05) is 25.0 Å². The highest BCUT2D eigenvalue weighted by Gasteiger charge is 2.18. The summed E-state index contributed by atoms with van der Waals surface area (Å²) in [6.45, 7) is 1.20. The first-order valence-electron chi connectivity index (χ1n) is 5.62. The minimum atomic E-state index is -1.12. The minimum absolute atomic E-state index is 0.0164. The third-order valence-electron chi connectivity index (χ3n) is 2.39. The molecule has 0 aliphatic rings. The van der Waals surface area contributed by atoms with Crippen LogP contribution in [0.4, 0.5) is 11.4 Å². The number of aliphatic carboxylic acids is 1. The summed E-state index contributed by atoms with van der Waals surface area (Å²) in [6, 6.07) is 3.57. The van der Waals surface area contributed by atoms with Crippen LogP contribution < -0.4 is 5.32 Å². The maximum atomic E-state index is 11.7. The number of carboxylic acid groups (broad SMARTS) is 1. The molecule has 8 nitrogen and oxygen atoms in total. The quantitative estimate of drug-likeness (QED) is 0.463. The summed E-state index contributed by atoms with van der Waals surface area (Å²) >= 11 is 0. The summed E-state index contributed by atoms with van der Waals surface area (Å²) in [6.07, 6.45) is -0.591. The first-order chi connectivity index (χ1) is 9.31. The van der Waals surface area contributed by atoms with Gasteiger partial charge in [-0.1, -0.05) is 0 Å². The molecule has 1 aromatic rings. The summed E-state index contributed by atoms with van der Waals surface area (Å²) in [5.41, 5.74) is -0.397. The van der Waals surface area contributed by atoms with Crippen molar-refractivity contribution in [1.29, 1.82) is 0 Å². The van der Waals surface area contributed by atoms with Gasteiger partial charge >= 0.3 is 5.97 Å². The van der Waals surface area contributed by atoms with E-state index in [1.807, 2.05) is 0 Å². The highest BCUT2D eigenvalue weighted by atomic mass is 16.6. The van der Waals surface area contributed by atoms with E-state index in [-0.39, 0.29) is 24.1 Å². The standard InChI is InChI=1S/C12H12N2O6/c1-7(15)13-9-3-2-8(6-10(9)14(19)20)11(16)4-5-12(17)18/h2-3,6H,4-5H2,1H3,(H,13,15)(H,17,18). The van der Waals surface area contributed by atoms with Crippen LogP contribution in [-0.2, 0) is 9.59 Å². The fourth-order valence-electron chi connectivity index (χ4n) is 1.52. The van der Waals surface area contributed by atoms with Crippen molar-refractivity contribution < 1.29 is 24.4 Å². The number of carbonyl (C=O) groups is 3. The second-order valence-corrected chi connectivity index (χ2v) is 3.99. The highest BCUT2D eigenvalue weighted by molar-refractivity contribution is 5.99. The Balaban J connectivity index is 3.03. The Morgan fingerprint density at radius 3 is 2.45 bits per heavy atom. The number of amides is 1. The zero-order valence-electron chi connectivity index (χ0n) is 10.6. The smallest absolute Gasteiger partial charge is 0.303 e. The largest absolute Gasteiger partial charge is 0.481 e. The van der Waals surface area contributed by atoms with E-state index in [9.17, 15) is 24.5 Å². The fourth-order valence-corrected chi connectivity index (χ4v) is 1.52. The Morgan fingerprint density at radius 1 is 1.30 bits per heavy atom. The molecule has 0 aliphatic heterocycles. The topological polar surface area (TPSA) is 127 Å². The molecular weight excluding hydrogens is 268 g/mol. The zero-order valence-corrected chi connectivity index (χ0v) is 10.6. The summed E-state index contributed by atoms with van der Waals surface area (Å²) in [4.78, 5) is 43.2. The number of nitro groups is 1. The predicted octanol–water partition coefficient (Wildman–Crippen LogP) is 1.60. The molecule has 0 saturated heterocycles. The normalized spacial score (nSPS) is 9.85. The summed E-state index contributed by atoms with van der Waals surface area (Å²) < 4.78 is 0. The van der Waals surface area contributed by atoms with Crippen LogP contribution in [-0.4, -0.2) is 27.7 Å². The third-order valence-corrected chi connectivity index (χ3v) is 2.39. The van der Waals surface area contributed by atoms with E-state index in [0.717, 1.165) is 6.07 Å². The van der Waals surface area contributed by atoms with E-state index in [0.29, 0.717) is 0 Å². The Bertz CT molecular complexity index is 581. The molecule has 0 radical (unpaired) electrons. The number of benzene rings is 1. The predicted molar refractivity (Wildman–Crippen MR) is 68.6 cm³/mol. The lowest BCUT2D eigenvalue weighted by molar-refractivity contribution is -0.384. The number of nitrogens with zero attached hydrogens (tertiary/aromatic N) is 1. The summed E-state index contributed by atoms with van der Waals surface area (Å²) in [5.74, 6) is -2.11. The van der Waals surface area contributed by atoms with Crippen LogP contribution in [0.1, 0.15) is 30.1 Å². The molecule has 1 amide bonds. The second kappa shape index (κ2) is 6.41. The molecule has 1 aromatic carbocycles. The van der Waals surface area contributed by atoms with Crippen molar-refractivity contribution in [2.45, 2.75) is 19.8 Å². The van der Waals surface area contributed by atoms with Gasteiger partial charge in [0.15, 0.2) is 5.78 Å². The maximum absolute atomic E-state index is 11.7. The molecule has 2 N–H and O–H groups in total. The van der Waals surface area contributed by atoms with Gasteiger partial charge in [0.2, 0.25) is 5.91 Å². The molecule has 1 rings (SSSR count). The second-order valence-electron chi connectivity index (χ2n) is 3.99. The summed E-state index contributed by atoms with van der Waals surface area (Å²) in [5, 5.41) is 21.7. The van der Waals surface area contributed by atoms with Crippen LogP contribution in [0.5, 0.6) is 0 Å². The number of nitro benzene ring substituents is 1. The average Bonchev–Trinajstić information content (AvgIpc) is 2.35. The number of anilines is 1. The van der Waals surface area contributed by atoms with Crippen molar-refractivity contribution in [3.63, 3.8) is 0 Å². The number of Topliss-reactive ketones (excluding diaryl/α,β-unsaturated/α-hetero) is 1. The van der Waals surface area contributed by atoms with Crippen LogP contribution in [0.25, 0.3) is 0 Å². The van der Waals surface area contributed by atoms with Gasteiger partial charge in [0.05, 0.1) is 11.3 Å². The van der Waals surface area contributed by atoms with Gasteiger partial charge in [0.25, 0.3) is 5.69 Å².